The van der Waals surface area contributed by atoms with Crippen LogP contribution in [0, 0.1) is 5.92 Å². The topological polar surface area (TPSA) is 24.9 Å². The van der Waals surface area contributed by atoms with E-state index < -0.39 is 0 Å². The fourth-order valence-electron chi connectivity index (χ4n) is 2.83. The van der Waals surface area contributed by atoms with Gasteiger partial charge in [-0.15, -0.1) is 0 Å². The molecule has 0 atom stereocenters. The lowest BCUT2D eigenvalue weighted by molar-refractivity contribution is 0.378. The Hall–Kier alpha value is -1.15. The summed E-state index contributed by atoms with van der Waals surface area (Å²) in [7, 11) is 0. The number of nitrogens with zero attached hydrogens (tertiary/aromatic N) is 1. The van der Waals surface area contributed by atoms with Crippen LogP contribution in [0.4, 0.5) is 0 Å². The monoisotopic (exact) mass is 272 g/mol. The van der Waals surface area contributed by atoms with Crippen LogP contribution in [0.1, 0.15) is 58.4 Å². The third-order valence-electron chi connectivity index (χ3n) is 3.99. The SMILES string of the molecule is CC(C)(C)NC/C(=C/c1cccnc1)C1CCCCC1. The van der Waals surface area contributed by atoms with Crippen LogP contribution < -0.4 is 5.32 Å². The zero-order valence-electron chi connectivity index (χ0n) is 13.2. The first-order valence-electron chi connectivity index (χ1n) is 7.90. The van der Waals surface area contributed by atoms with E-state index in [1.165, 1.54) is 37.7 Å². The number of nitrogens with one attached hydrogen (secondary N) is 1. The second-order valence-corrected chi connectivity index (χ2v) is 6.94. The molecule has 110 valence electrons. The lowest BCUT2D eigenvalue weighted by atomic mass is 9.83. The highest BCUT2D eigenvalue weighted by molar-refractivity contribution is 5.52. The molecule has 1 aromatic rings. The summed E-state index contributed by atoms with van der Waals surface area (Å²) in [4.78, 5) is 4.23. The molecular formula is C18H28N2. The van der Waals surface area contributed by atoms with Crippen molar-refractivity contribution in [3.8, 4) is 0 Å². The predicted octanol–water partition coefficient (Wildman–Crippen LogP) is 4.43. The van der Waals surface area contributed by atoms with Crippen molar-refractivity contribution >= 4 is 6.08 Å². The first-order chi connectivity index (χ1) is 9.54. The van der Waals surface area contributed by atoms with Gasteiger partial charge in [-0.3, -0.25) is 4.98 Å². The van der Waals surface area contributed by atoms with Gasteiger partial charge in [-0.05, 0) is 51.2 Å². The molecule has 2 heteroatoms. The molecule has 1 aliphatic carbocycles. The summed E-state index contributed by atoms with van der Waals surface area (Å²) >= 11 is 0. The van der Waals surface area contributed by atoms with Crippen molar-refractivity contribution in [2.75, 3.05) is 6.54 Å². The predicted molar refractivity (Wildman–Crippen MR) is 86.5 cm³/mol. The van der Waals surface area contributed by atoms with Gasteiger partial charge in [-0.25, -0.2) is 0 Å². The third-order valence-corrected chi connectivity index (χ3v) is 3.99. The third kappa shape index (κ3) is 5.09. The molecule has 0 aromatic carbocycles. The van der Waals surface area contributed by atoms with Gasteiger partial charge in [0.25, 0.3) is 0 Å². The number of hydrogen-bond acceptors (Lipinski definition) is 2. The lowest BCUT2D eigenvalue weighted by Crippen LogP contribution is -2.38. The molecule has 1 fully saturated rings. The maximum atomic E-state index is 4.23. The van der Waals surface area contributed by atoms with Crippen molar-refractivity contribution in [2.24, 2.45) is 5.92 Å². The molecule has 0 radical (unpaired) electrons. The van der Waals surface area contributed by atoms with Crippen LogP contribution in [0.2, 0.25) is 0 Å². The average Bonchev–Trinajstić information content (AvgIpc) is 2.44. The molecule has 20 heavy (non-hydrogen) atoms. The molecule has 0 bridgehead atoms. The molecule has 0 unspecified atom stereocenters. The number of pyridine rings is 1. The van der Waals surface area contributed by atoms with E-state index in [9.17, 15) is 0 Å². The van der Waals surface area contributed by atoms with Gasteiger partial charge in [0.2, 0.25) is 0 Å². The molecular weight excluding hydrogens is 244 g/mol. The summed E-state index contributed by atoms with van der Waals surface area (Å²) in [6.45, 7) is 7.68. The van der Waals surface area contributed by atoms with E-state index in [1.807, 2.05) is 18.5 Å². The quantitative estimate of drug-likeness (QED) is 0.877. The highest BCUT2D eigenvalue weighted by atomic mass is 14.9. The first kappa shape index (κ1) is 15.2. The molecule has 1 heterocycles. The summed E-state index contributed by atoms with van der Waals surface area (Å²) < 4.78 is 0. The van der Waals surface area contributed by atoms with Crippen molar-refractivity contribution in [2.45, 2.75) is 58.4 Å². The average molecular weight is 272 g/mol. The number of rotatable bonds is 4. The van der Waals surface area contributed by atoms with Gasteiger partial charge < -0.3 is 5.32 Å². The smallest absolute Gasteiger partial charge is 0.0340 e. The Balaban J connectivity index is 2.12. The van der Waals surface area contributed by atoms with Crippen LogP contribution >= 0.6 is 0 Å². The first-order valence-corrected chi connectivity index (χ1v) is 7.90. The van der Waals surface area contributed by atoms with Gasteiger partial charge in [0.15, 0.2) is 0 Å². The maximum absolute atomic E-state index is 4.23. The molecule has 2 rings (SSSR count). The Morgan fingerprint density at radius 2 is 2.05 bits per heavy atom. The molecule has 0 aliphatic heterocycles. The van der Waals surface area contributed by atoms with E-state index in [4.69, 9.17) is 0 Å². The van der Waals surface area contributed by atoms with Crippen LogP contribution in [0.5, 0.6) is 0 Å². The molecule has 1 N–H and O–H groups in total. The minimum atomic E-state index is 0.169. The van der Waals surface area contributed by atoms with E-state index in [1.54, 1.807) is 5.57 Å². The summed E-state index contributed by atoms with van der Waals surface area (Å²) in [5.41, 5.74) is 2.94. The number of hydrogen-bond donors (Lipinski definition) is 1. The van der Waals surface area contributed by atoms with Gasteiger partial charge in [0.1, 0.15) is 0 Å². The zero-order chi connectivity index (χ0) is 14.4. The lowest BCUT2D eigenvalue weighted by Gasteiger charge is -2.28. The minimum Gasteiger partial charge on any atom is -0.308 e. The van der Waals surface area contributed by atoms with Crippen LogP contribution in [0.15, 0.2) is 30.1 Å². The molecule has 0 saturated heterocycles. The molecule has 0 spiro atoms. The summed E-state index contributed by atoms with van der Waals surface area (Å²) in [5.74, 6) is 0.749. The minimum absolute atomic E-state index is 0.169. The molecule has 1 saturated carbocycles. The van der Waals surface area contributed by atoms with E-state index in [0.29, 0.717) is 0 Å². The fourth-order valence-corrected chi connectivity index (χ4v) is 2.83. The summed E-state index contributed by atoms with van der Waals surface area (Å²) in [5, 5.41) is 3.65. The van der Waals surface area contributed by atoms with Crippen LogP contribution in [-0.2, 0) is 0 Å². The van der Waals surface area contributed by atoms with Crippen LogP contribution in [0.3, 0.4) is 0 Å². The second kappa shape index (κ2) is 7.03. The normalized spacial score (nSPS) is 18.2. The van der Waals surface area contributed by atoms with Crippen LogP contribution in [-0.4, -0.2) is 17.1 Å². The zero-order valence-corrected chi connectivity index (χ0v) is 13.2. The molecule has 0 amide bonds. The molecule has 1 aromatic heterocycles. The molecule has 1 aliphatic rings. The maximum Gasteiger partial charge on any atom is 0.0340 e. The number of aromatic nitrogens is 1. The van der Waals surface area contributed by atoms with E-state index in [0.717, 1.165) is 12.5 Å². The van der Waals surface area contributed by atoms with Crippen LogP contribution in [0.25, 0.3) is 6.08 Å². The summed E-state index contributed by atoms with van der Waals surface area (Å²) in [6.07, 6.45) is 13.0. The van der Waals surface area contributed by atoms with Crippen molar-refractivity contribution in [1.29, 1.82) is 0 Å². The Labute approximate surface area is 123 Å². The van der Waals surface area contributed by atoms with Crippen molar-refractivity contribution < 1.29 is 0 Å². The van der Waals surface area contributed by atoms with Crippen molar-refractivity contribution in [3.05, 3.63) is 35.7 Å². The van der Waals surface area contributed by atoms with Gasteiger partial charge in [0.05, 0.1) is 0 Å². The molecule has 2 nitrogen and oxygen atoms in total. The summed E-state index contributed by atoms with van der Waals surface area (Å²) in [6, 6.07) is 4.16. The second-order valence-electron chi connectivity index (χ2n) is 6.94. The van der Waals surface area contributed by atoms with E-state index >= 15 is 0 Å². The van der Waals surface area contributed by atoms with Gasteiger partial charge >= 0.3 is 0 Å². The van der Waals surface area contributed by atoms with Crippen molar-refractivity contribution in [1.82, 2.24) is 10.3 Å². The van der Waals surface area contributed by atoms with Gasteiger partial charge in [-0.2, -0.15) is 0 Å². The van der Waals surface area contributed by atoms with Gasteiger partial charge in [0, 0.05) is 24.5 Å². The van der Waals surface area contributed by atoms with E-state index in [2.05, 4.69) is 43.2 Å². The largest absolute Gasteiger partial charge is 0.308 e. The van der Waals surface area contributed by atoms with Crippen molar-refractivity contribution in [3.63, 3.8) is 0 Å². The van der Waals surface area contributed by atoms with Gasteiger partial charge in [-0.1, -0.05) is 37.0 Å². The standard InChI is InChI=1S/C18H28N2/c1-18(2,3)20-14-17(16-9-5-4-6-10-16)12-15-8-7-11-19-13-15/h7-8,11-13,16,20H,4-6,9-10,14H2,1-3H3/b17-12-. The fraction of sp³-hybridized carbons (Fsp3) is 0.611. The highest BCUT2D eigenvalue weighted by Crippen LogP contribution is 2.30. The Bertz CT molecular complexity index is 422. The van der Waals surface area contributed by atoms with E-state index in [-0.39, 0.29) is 5.54 Å². The Morgan fingerprint density at radius 3 is 2.65 bits per heavy atom. The highest BCUT2D eigenvalue weighted by Gasteiger charge is 2.19. The Kier molecular flexibility index (Phi) is 5.36. The Morgan fingerprint density at radius 1 is 1.30 bits per heavy atom.